The number of rotatable bonds is 1. The first-order valence-electron chi connectivity index (χ1n) is 5.10. The fourth-order valence-corrected chi connectivity index (χ4v) is 1.70. The molecule has 0 unspecified atom stereocenters. The SMILES string of the molecule is CC.O=C1CCc2c([N+](=O)[O-])ccc(F)c21. The van der Waals surface area contributed by atoms with E-state index in [0.29, 0.717) is 0 Å². The molecule has 0 radical (unpaired) electrons. The number of nitro groups is 1. The van der Waals surface area contributed by atoms with Crippen LogP contribution in [0.25, 0.3) is 0 Å². The Bertz CT molecular complexity index is 443. The fraction of sp³-hybridized carbons (Fsp3) is 0.364. The Balaban J connectivity index is 0.000000606. The Hall–Kier alpha value is -1.78. The van der Waals surface area contributed by atoms with Crippen molar-refractivity contribution in [3.63, 3.8) is 0 Å². The lowest BCUT2D eigenvalue weighted by Gasteiger charge is -2.00. The average molecular weight is 225 g/mol. The standard InChI is InChI=1S/C9H6FNO3.C2H6/c10-6-2-3-7(11(13)14)5-1-4-8(12)9(5)6;1-2/h2-3H,1,4H2;1-2H3. The Labute approximate surface area is 92.2 Å². The molecule has 0 heterocycles. The van der Waals surface area contributed by atoms with Gasteiger partial charge in [-0.3, -0.25) is 14.9 Å². The summed E-state index contributed by atoms with van der Waals surface area (Å²) in [6, 6.07) is 2.08. The molecule has 0 fully saturated rings. The number of hydrogen-bond donors (Lipinski definition) is 0. The lowest BCUT2D eigenvalue weighted by atomic mass is 10.1. The highest BCUT2D eigenvalue weighted by Gasteiger charge is 2.30. The third-order valence-electron chi connectivity index (χ3n) is 2.31. The third kappa shape index (κ3) is 1.93. The number of hydrogen-bond acceptors (Lipinski definition) is 3. The van der Waals surface area contributed by atoms with Crippen LogP contribution in [0.1, 0.15) is 36.2 Å². The quantitative estimate of drug-likeness (QED) is 0.545. The van der Waals surface area contributed by atoms with E-state index >= 15 is 0 Å². The van der Waals surface area contributed by atoms with Crippen LogP contribution in [0.4, 0.5) is 10.1 Å². The van der Waals surface area contributed by atoms with Crippen molar-refractivity contribution in [2.75, 3.05) is 0 Å². The lowest BCUT2D eigenvalue weighted by Crippen LogP contribution is -1.99. The van der Waals surface area contributed by atoms with E-state index in [4.69, 9.17) is 0 Å². The lowest BCUT2D eigenvalue weighted by molar-refractivity contribution is -0.385. The number of ketones is 1. The minimum Gasteiger partial charge on any atom is -0.294 e. The summed E-state index contributed by atoms with van der Waals surface area (Å²) in [4.78, 5) is 21.2. The minimum absolute atomic E-state index is 0.0980. The van der Waals surface area contributed by atoms with Crippen molar-refractivity contribution in [1.82, 2.24) is 0 Å². The fourth-order valence-electron chi connectivity index (χ4n) is 1.70. The van der Waals surface area contributed by atoms with Crippen molar-refractivity contribution in [1.29, 1.82) is 0 Å². The van der Waals surface area contributed by atoms with E-state index in [1.807, 2.05) is 13.8 Å². The van der Waals surface area contributed by atoms with Gasteiger partial charge in [0.25, 0.3) is 5.69 Å². The molecule has 16 heavy (non-hydrogen) atoms. The van der Waals surface area contributed by atoms with Gasteiger partial charge in [0.05, 0.1) is 10.5 Å². The average Bonchev–Trinajstić information content (AvgIpc) is 2.65. The second-order valence-electron chi connectivity index (χ2n) is 3.10. The maximum absolute atomic E-state index is 13.1. The molecule has 0 amide bonds. The molecular formula is C11H12FNO3. The van der Waals surface area contributed by atoms with E-state index in [2.05, 4.69) is 0 Å². The normalized spacial score (nSPS) is 12.8. The van der Waals surface area contributed by atoms with E-state index < -0.39 is 10.7 Å². The van der Waals surface area contributed by atoms with Gasteiger partial charge in [-0.25, -0.2) is 4.39 Å². The summed E-state index contributed by atoms with van der Waals surface area (Å²) in [6.07, 6.45) is 0.430. The summed E-state index contributed by atoms with van der Waals surface area (Å²) in [5.74, 6) is -1.01. The molecule has 5 heteroatoms. The number of fused-ring (bicyclic) bond motifs is 1. The van der Waals surface area contributed by atoms with Crippen LogP contribution in [0.5, 0.6) is 0 Å². The predicted octanol–water partition coefficient (Wildman–Crippen LogP) is 2.89. The molecule has 0 saturated heterocycles. The number of Topliss-reactive ketones (excluding diaryl/α,β-unsaturated/α-hetero) is 1. The Kier molecular flexibility index (Phi) is 3.71. The molecule has 0 spiro atoms. The van der Waals surface area contributed by atoms with Gasteiger partial charge in [0.15, 0.2) is 5.78 Å². The zero-order chi connectivity index (χ0) is 12.3. The van der Waals surface area contributed by atoms with Gasteiger partial charge in [-0.05, 0) is 12.5 Å². The van der Waals surface area contributed by atoms with Crippen molar-refractivity contribution in [2.24, 2.45) is 0 Å². The first-order chi connectivity index (χ1) is 7.61. The van der Waals surface area contributed by atoms with E-state index in [-0.39, 0.29) is 35.4 Å². The van der Waals surface area contributed by atoms with Crippen molar-refractivity contribution in [2.45, 2.75) is 26.7 Å². The highest BCUT2D eigenvalue weighted by molar-refractivity contribution is 6.01. The highest BCUT2D eigenvalue weighted by Crippen LogP contribution is 2.31. The van der Waals surface area contributed by atoms with Crippen LogP contribution in [0.3, 0.4) is 0 Å². The van der Waals surface area contributed by atoms with E-state index in [1.54, 1.807) is 0 Å². The zero-order valence-corrected chi connectivity index (χ0v) is 9.12. The number of halogens is 1. The Morgan fingerprint density at radius 1 is 1.31 bits per heavy atom. The van der Waals surface area contributed by atoms with Crippen LogP contribution >= 0.6 is 0 Å². The highest BCUT2D eigenvalue weighted by atomic mass is 19.1. The molecular weight excluding hydrogens is 213 g/mol. The van der Waals surface area contributed by atoms with Crippen molar-refractivity contribution < 1.29 is 14.1 Å². The van der Waals surface area contributed by atoms with Crippen LogP contribution in [0.15, 0.2) is 12.1 Å². The van der Waals surface area contributed by atoms with Gasteiger partial charge >= 0.3 is 0 Å². The largest absolute Gasteiger partial charge is 0.294 e. The zero-order valence-electron chi connectivity index (χ0n) is 9.12. The molecule has 0 aromatic heterocycles. The summed E-state index contributed by atoms with van der Waals surface area (Å²) in [6.45, 7) is 4.00. The first-order valence-corrected chi connectivity index (χ1v) is 5.10. The van der Waals surface area contributed by atoms with Crippen LogP contribution in [-0.2, 0) is 6.42 Å². The maximum Gasteiger partial charge on any atom is 0.273 e. The van der Waals surface area contributed by atoms with E-state index in [9.17, 15) is 19.3 Å². The topological polar surface area (TPSA) is 60.2 Å². The summed E-state index contributed by atoms with van der Waals surface area (Å²) in [7, 11) is 0. The molecule has 0 atom stereocenters. The second kappa shape index (κ2) is 4.83. The molecule has 0 saturated carbocycles. The first kappa shape index (κ1) is 12.3. The second-order valence-corrected chi connectivity index (χ2v) is 3.10. The predicted molar refractivity (Wildman–Crippen MR) is 57.1 cm³/mol. The van der Waals surface area contributed by atoms with Crippen LogP contribution < -0.4 is 0 Å². The molecule has 0 aliphatic heterocycles. The Morgan fingerprint density at radius 2 is 1.94 bits per heavy atom. The van der Waals surface area contributed by atoms with E-state index in [0.717, 1.165) is 12.1 Å². The molecule has 0 bridgehead atoms. The summed E-state index contributed by atoms with van der Waals surface area (Å²) < 4.78 is 13.1. The molecule has 1 aromatic rings. The van der Waals surface area contributed by atoms with Gasteiger partial charge in [0.1, 0.15) is 5.82 Å². The summed E-state index contributed by atoms with van der Waals surface area (Å²) in [5.41, 5.74) is -0.0218. The van der Waals surface area contributed by atoms with Gasteiger partial charge in [0, 0.05) is 18.1 Å². The minimum atomic E-state index is -0.659. The number of nitro benzene ring substituents is 1. The van der Waals surface area contributed by atoms with Gasteiger partial charge in [-0.15, -0.1) is 0 Å². The van der Waals surface area contributed by atoms with Crippen LogP contribution in [0.2, 0.25) is 0 Å². The van der Waals surface area contributed by atoms with Crippen LogP contribution in [0, 0.1) is 15.9 Å². The van der Waals surface area contributed by atoms with Gasteiger partial charge in [0.2, 0.25) is 0 Å². The molecule has 0 N–H and O–H groups in total. The van der Waals surface area contributed by atoms with Crippen molar-refractivity contribution in [3.05, 3.63) is 39.2 Å². The molecule has 1 aliphatic rings. The summed E-state index contributed by atoms with van der Waals surface area (Å²) in [5, 5.41) is 10.6. The van der Waals surface area contributed by atoms with Gasteiger partial charge in [-0.1, -0.05) is 13.8 Å². The van der Waals surface area contributed by atoms with Crippen molar-refractivity contribution >= 4 is 11.5 Å². The van der Waals surface area contributed by atoms with Gasteiger partial charge < -0.3 is 0 Å². The molecule has 1 aliphatic carbocycles. The third-order valence-corrected chi connectivity index (χ3v) is 2.31. The smallest absolute Gasteiger partial charge is 0.273 e. The van der Waals surface area contributed by atoms with Gasteiger partial charge in [-0.2, -0.15) is 0 Å². The molecule has 86 valence electrons. The number of benzene rings is 1. The Morgan fingerprint density at radius 3 is 2.50 bits per heavy atom. The van der Waals surface area contributed by atoms with E-state index in [1.165, 1.54) is 0 Å². The number of carbonyl (C=O) groups is 1. The summed E-state index contributed by atoms with van der Waals surface area (Å²) >= 11 is 0. The molecule has 1 aromatic carbocycles. The maximum atomic E-state index is 13.1. The molecule has 4 nitrogen and oxygen atoms in total. The monoisotopic (exact) mass is 225 g/mol. The van der Waals surface area contributed by atoms with Crippen molar-refractivity contribution in [3.8, 4) is 0 Å². The number of carbonyl (C=O) groups excluding carboxylic acids is 1. The number of nitrogens with zero attached hydrogens (tertiary/aromatic N) is 1. The molecule has 2 rings (SSSR count). The van der Waals surface area contributed by atoms with Crippen LogP contribution in [-0.4, -0.2) is 10.7 Å².